The van der Waals surface area contributed by atoms with Gasteiger partial charge in [-0.15, -0.1) is 0 Å². The van der Waals surface area contributed by atoms with Gasteiger partial charge >= 0.3 is 0 Å². The van der Waals surface area contributed by atoms with Gasteiger partial charge in [0.05, 0.1) is 22.3 Å². The van der Waals surface area contributed by atoms with Gasteiger partial charge in [-0.3, -0.25) is 0 Å². The maximum absolute atomic E-state index is 14.2. The fourth-order valence-electron chi connectivity index (χ4n) is 1.93. The van der Waals surface area contributed by atoms with Crippen LogP contribution in [0.1, 0.15) is 18.9 Å². The Balaban J connectivity index is 2.30. The third kappa shape index (κ3) is 2.65. The Labute approximate surface area is 119 Å². The van der Waals surface area contributed by atoms with Gasteiger partial charge in [-0.2, -0.15) is 0 Å². The van der Waals surface area contributed by atoms with Gasteiger partial charge in [-0.05, 0) is 41.4 Å². The molecule has 3 N–H and O–H groups in total. The fourth-order valence-corrected chi connectivity index (χ4v) is 2.79. The first-order valence-electron chi connectivity index (χ1n) is 5.57. The van der Waals surface area contributed by atoms with E-state index < -0.39 is 0 Å². The average Bonchev–Trinajstić information content (AvgIpc) is 2.72. The molecule has 2 rings (SSSR count). The zero-order valence-corrected chi connectivity index (χ0v) is 12.3. The Hall–Kier alpha value is -0.720. The van der Waals surface area contributed by atoms with Gasteiger partial charge in [0.25, 0.3) is 0 Å². The number of halogens is 2. The Morgan fingerprint density at radius 3 is 2.89 bits per heavy atom. The first kappa shape index (κ1) is 13.7. The summed E-state index contributed by atoms with van der Waals surface area (Å²) in [6, 6.07) is 3.36. The smallest absolute Gasteiger partial charge is 0.161 e. The van der Waals surface area contributed by atoms with Crippen LogP contribution in [-0.2, 0) is 4.74 Å². The summed E-state index contributed by atoms with van der Waals surface area (Å²) >= 11 is 8.04. The van der Waals surface area contributed by atoms with Crippen molar-refractivity contribution in [3.05, 3.63) is 28.0 Å². The summed E-state index contributed by atoms with van der Waals surface area (Å²) in [6.07, 6.45) is 0.848. The molecular formula is C12H14BrFN2OS. The lowest BCUT2D eigenvalue weighted by Gasteiger charge is -2.25. The van der Waals surface area contributed by atoms with E-state index in [1.54, 1.807) is 12.1 Å². The first-order chi connectivity index (χ1) is 8.43. The molecule has 1 atom stereocenters. The predicted molar refractivity (Wildman–Crippen MR) is 77.5 cm³/mol. The average molecular weight is 333 g/mol. The van der Waals surface area contributed by atoms with Crippen molar-refractivity contribution in [1.82, 2.24) is 0 Å². The van der Waals surface area contributed by atoms with E-state index in [2.05, 4.69) is 21.2 Å². The third-order valence-corrected chi connectivity index (χ3v) is 4.00. The Bertz CT molecular complexity index is 489. The lowest BCUT2D eigenvalue weighted by atomic mass is 10.0. The molecule has 98 valence electrons. The van der Waals surface area contributed by atoms with Crippen LogP contribution in [0.2, 0.25) is 0 Å². The van der Waals surface area contributed by atoms with Crippen molar-refractivity contribution in [2.75, 3.05) is 18.5 Å². The van der Waals surface area contributed by atoms with E-state index in [1.165, 1.54) is 0 Å². The summed E-state index contributed by atoms with van der Waals surface area (Å²) in [4.78, 5) is 0.169. The number of hydrogen-bond acceptors (Lipinski definition) is 3. The Morgan fingerprint density at radius 1 is 1.61 bits per heavy atom. The minimum atomic E-state index is -0.381. The van der Waals surface area contributed by atoms with Crippen LogP contribution in [0.25, 0.3) is 0 Å². The van der Waals surface area contributed by atoms with Crippen molar-refractivity contribution in [1.29, 1.82) is 0 Å². The van der Waals surface area contributed by atoms with Gasteiger partial charge in [0.2, 0.25) is 0 Å². The van der Waals surface area contributed by atoms with Gasteiger partial charge < -0.3 is 15.8 Å². The van der Waals surface area contributed by atoms with Crippen LogP contribution in [0.15, 0.2) is 16.6 Å². The van der Waals surface area contributed by atoms with E-state index in [4.69, 9.17) is 22.7 Å². The van der Waals surface area contributed by atoms with Crippen LogP contribution in [0, 0.1) is 5.82 Å². The van der Waals surface area contributed by atoms with Crippen molar-refractivity contribution in [3.8, 4) is 0 Å². The first-order valence-corrected chi connectivity index (χ1v) is 6.77. The molecule has 0 amide bonds. The fraction of sp³-hybridized carbons (Fsp3) is 0.417. The molecule has 1 aliphatic rings. The molecule has 0 spiro atoms. The maximum Gasteiger partial charge on any atom is 0.161 e. The van der Waals surface area contributed by atoms with Crippen LogP contribution < -0.4 is 11.1 Å². The van der Waals surface area contributed by atoms with Crippen LogP contribution in [0.5, 0.6) is 0 Å². The number of nitrogens with two attached hydrogens (primary N) is 1. The minimum Gasteiger partial charge on any atom is -0.389 e. The molecule has 1 heterocycles. The summed E-state index contributed by atoms with van der Waals surface area (Å²) < 4.78 is 19.8. The maximum atomic E-state index is 14.2. The van der Waals surface area contributed by atoms with E-state index in [9.17, 15) is 4.39 Å². The largest absolute Gasteiger partial charge is 0.389 e. The quantitative estimate of drug-likeness (QED) is 0.835. The molecule has 6 heteroatoms. The molecule has 1 saturated heterocycles. The number of hydrogen-bond donors (Lipinski definition) is 2. The van der Waals surface area contributed by atoms with Crippen molar-refractivity contribution < 1.29 is 9.13 Å². The number of nitrogens with one attached hydrogen (secondary N) is 1. The second-order valence-electron chi connectivity index (χ2n) is 4.64. The van der Waals surface area contributed by atoms with Crippen molar-refractivity contribution in [2.24, 2.45) is 5.73 Å². The monoisotopic (exact) mass is 332 g/mol. The van der Waals surface area contributed by atoms with Gasteiger partial charge in [-0.25, -0.2) is 4.39 Å². The summed E-state index contributed by atoms with van der Waals surface area (Å²) in [5.41, 5.74) is 6.21. The number of benzene rings is 1. The standard InChI is InChI=1S/C12H14BrFN2OS/c1-12(4-5-17-6-12)16-8-3-2-7(11(15)18)9(13)10(8)14/h2-3,16H,4-6H2,1H3,(H2,15,18). The Morgan fingerprint density at radius 2 is 2.33 bits per heavy atom. The second kappa shape index (κ2) is 5.11. The number of rotatable bonds is 3. The Kier molecular flexibility index (Phi) is 3.89. The number of anilines is 1. The molecule has 0 bridgehead atoms. The van der Waals surface area contributed by atoms with Crippen LogP contribution in [-0.4, -0.2) is 23.7 Å². The number of thiocarbonyl (C=S) groups is 1. The van der Waals surface area contributed by atoms with E-state index in [-0.39, 0.29) is 16.3 Å². The highest BCUT2D eigenvalue weighted by Crippen LogP contribution is 2.31. The van der Waals surface area contributed by atoms with Gasteiger partial charge in [0.15, 0.2) is 5.82 Å². The zero-order chi connectivity index (χ0) is 13.3. The SMILES string of the molecule is CC1(Nc2ccc(C(N)=S)c(Br)c2F)CCOC1. The lowest BCUT2D eigenvalue weighted by Crippen LogP contribution is -2.35. The lowest BCUT2D eigenvalue weighted by molar-refractivity contribution is 0.185. The zero-order valence-electron chi connectivity index (χ0n) is 9.93. The molecule has 1 fully saturated rings. The van der Waals surface area contributed by atoms with Crippen molar-refractivity contribution in [3.63, 3.8) is 0 Å². The predicted octanol–water partition coefficient (Wildman–Crippen LogP) is 2.81. The third-order valence-electron chi connectivity index (χ3n) is 3.00. The highest BCUT2D eigenvalue weighted by molar-refractivity contribution is 9.10. The van der Waals surface area contributed by atoms with E-state index in [0.29, 0.717) is 28.9 Å². The number of ether oxygens (including phenoxy) is 1. The van der Waals surface area contributed by atoms with Crippen LogP contribution in [0.3, 0.4) is 0 Å². The van der Waals surface area contributed by atoms with E-state index in [1.807, 2.05) is 6.92 Å². The summed E-state index contributed by atoms with van der Waals surface area (Å²) in [5.74, 6) is -0.381. The molecule has 1 unspecified atom stereocenters. The van der Waals surface area contributed by atoms with Gasteiger partial charge in [0, 0.05) is 12.2 Å². The second-order valence-corrected chi connectivity index (χ2v) is 5.87. The summed E-state index contributed by atoms with van der Waals surface area (Å²) in [7, 11) is 0. The van der Waals surface area contributed by atoms with E-state index >= 15 is 0 Å². The molecule has 1 aliphatic heterocycles. The molecule has 0 aliphatic carbocycles. The molecule has 1 aromatic rings. The van der Waals surface area contributed by atoms with E-state index in [0.717, 1.165) is 6.42 Å². The molecule has 3 nitrogen and oxygen atoms in total. The summed E-state index contributed by atoms with van der Waals surface area (Å²) in [5, 5.41) is 3.18. The minimum absolute atomic E-state index is 0.169. The van der Waals surface area contributed by atoms with Crippen molar-refractivity contribution >= 4 is 38.8 Å². The summed E-state index contributed by atoms with van der Waals surface area (Å²) in [6.45, 7) is 3.27. The van der Waals surface area contributed by atoms with Gasteiger partial charge in [0.1, 0.15) is 4.99 Å². The topological polar surface area (TPSA) is 47.3 Å². The molecule has 1 aromatic carbocycles. The molecule has 0 radical (unpaired) electrons. The normalized spacial score (nSPS) is 23.1. The van der Waals surface area contributed by atoms with Gasteiger partial charge in [-0.1, -0.05) is 12.2 Å². The van der Waals surface area contributed by atoms with Crippen LogP contribution >= 0.6 is 28.1 Å². The van der Waals surface area contributed by atoms with Crippen molar-refractivity contribution in [2.45, 2.75) is 18.9 Å². The molecular weight excluding hydrogens is 319 g/mol. The molecule has 0 saturated carbocycles. The molecule has 18 heavy (non-hydrogen) atoms. The van der Waals surface area contributed by atoms with Crippen LogP contribution in [0.4, 0.5) is 10.1 Å². The molecule has 0 aromatic heterocycles. The highest BCUT2D eigenvalue weighted by Gasteiger charge is 2.30. The highest BCUT2D eigenvalue weighted by atomic mass is 79.9.